The van der Waals surface area contributed by atoms with Gasteiger partial charge in [-0.1, -0.05) is 0 Å². The summed E-state index contributed by atoms with van der Waals surface area (Å²) in [6, 6.07) is 4.03. The molecule has 0 aliphatic rings. The molecule has 0 bridgehead atoms. The number of Topliss-reactive ketones (excluding diaryl/α,β-unsaturated/α-hetero) is 1. The zero-order valence-electron chi connectivity index (χ0n) is 8.73. The van der Waals surface area contributed by atoms with Crippen LogP contribution in [0.2, 0.25) is 0 Å². The van der Waals surface area contributed by atoms with Gasteiger partial charge in [-0.15, -0.1) is 11.3 Å². The van der Waals surface area contributed by atoms with Gasteiger partial charge in [-0.25, -0.2) is 4.98 Å². The first-order chi connectivity index (χ1) is 7.16. The third-order valence-corrected chi connectivity index (χ3v) is 3.22. The van der Waals surface area contributed by atoms with Crippen LogP contribution in [0.5, 0.6) is 0 Å². The van der Waals surface area contributed by atoms with E-state index < -0.39 is 0 Å². The van der Waals surface area contributed by atoms with Crippen molar-refractivity contribution in [2.24, 2.45) is 0 Å². The molecule has 4 heteroatoms. The molecule has 2 heterocycles. The number of nitrogens with zero attached hydrogens (tertiary/aromatic N) is 2. The SMILES string of the molecule is CC(=O)Cc1ccc(-n2ccnc2C)s1. The standard InChI is InChI=1S/C11H12N2OS/c1-8(14)7-10-3-4-11(15-10)13-6-5-12-9(13)2/h3-6H,7H2,1-2H3. The number of aromatic nitrogens is 2. The van der Waals surface area contributed by atoms with Crippen LogP contribution in [-0.4, -0.2) is 15.3 Å². The van der Waals surface area contributed by atoms with Gasteiger partial charge in [0.05, 0.1) is 0 Å². The summed E-state index contributed by atoms with van der Waals surface area (Å²) >= 11 is 1.64. The van der Waals surface area contributed by atoms with Gasteiger partial charge in [-0.2, -0.15) is 0 Å². The lowest BCUT2D eigenvalue weighted by Gasteiger charge is -1.99. The highest BCUT2D eigenvalue weighted by molar-refractivity contribution is 7.14. The number of aryl methyl sites for hydroxylation is 1. The number of hydrogen-bond acceptors (Lipinski definition) is 3. The second-order valence-electron chi connectivity index (χ2n) is 3.46. The van der Waals surface area contributed by atoms with Crippen LogP contribution in [-0.2, 0) is 11.2 Å². The molecule has 0 fully saturated rings. The Kier molecular flexibility index (Phi) is 2.68. The van der Waals surface area contributed by atoms with E-state index >= 15 is 0 Å². The van der Waals surface area contributed by atoms with Crippen molar-refractivity contribution < 1.29 is 4.79 Å². The summed E-state index contributed by atoms with van der Waals surface area (Å²) in [7, 11) is 0. The van der Waals surface area contributed by atoms with Crippen molar-refractivity contribution in [3.63, 3.8) is 0 Å². The largest absolute Gasteiger partial charge is 0.300 e. The fourth-order valence-corrected chi connectivity index (χ4v) is 2.55. The van der Waals surface area contributed by atoms with E-state index in [2.05, 4.69) is 4.98 Å². The quantitative estimate of drug-likeness (QED) is 0.796. The first-order valence-corrected chi connectivity index (χ1v) is 5.57. The maximum Gasteiger partial charge on any atom is 0.135 e. The van der Waals surface area contributed by atoms with E-state index in [4.69, 9.17) is 0 Å². The van der Waals surface area contributed by atoms with Gasteiger partial charge in [0.15, 0.2) is 0 Å². The number of carbonyl (C=O) groups is 1. The average Bonchev–Trinajstić information content (AvgIpc) is 2.72. The normalized spacial score (nSPS) is 10.5. The van der Waals surface area contributed by atoms with E-state index in [-0.39, 0.29) is 5.78 Å². The predicted octanol–water partition coefficient (Wildman–Crippen LogP) is 2.37. The summed E-state index contributed by atoms with van der Waals surface area (Å²) < 4.78 is 2.02. The first kappa shape index (κ1) is 10.1. The smallest absolute Gasteiger partial charge is 0.135 e. The summed E-state index contributed by atoms with van der Waals surface area (Å²) in [5, 5.41) is 1.11. The molecule has 0 spiro atoms. The van der Waals surface area contributed by atoms with Crippen LogP contribution >= 0.6 is 11.3 Å². The van der Waals surface area contributed by atoms with E-state index in [9.17, 15) is 4.79 Å². The zero-order chi connectivity index (χ0) is 10.8. The van der Waals surface area contributed by atoms with E-state index in [0.717, 1.165) is 15.7 Å². The molecule has 0 aliphatic heterocycles. The minimum absolute atomic E-state index is 0.200. The molecule has 0 aromatic carbocycles. The fraction of sp³-hybridized carbons (Fsp3) is 0.273. The summed E-state index contributed by atoms with van der Waals surface area (Å²) in [6.45, 7) is 3.58. The van der Waals surface area contributed by atoms with Gasteiger partial charge < -0.3 is 0 Å². The van der Waals surface area contributed by atoms with Crippen molar-refractivity contribution in [2.75, 3.05) is 0 Å². The molecule has 0 N–H and O–H groups in total. The lowest BCUT2D eigenvalue weighted by atomic mass is 10.3. The van der Waals surface area contributed by atoms with E-state index in [1.165, 1.54) is 0 Å². The minimum Gasteiger partial charge on any atom is -0.300 e. The Hall–Kier alpha value is -1.42. The summed E-state index contributed by atoms with van der Waals surface area (Å²) in [5.41, 5.74) is 0. The molecular weight excluding hydrogens is 208 g/mol. The van der Waals surface area contributed by atoms with Crippen LogP contribution in [0.4, 0.5) is 0 Å². The molecule has 3 nitrogen and oxygen atoms in total. The summed E-state index contributed by atoms with van der Waals surface area (Å²) in [6.07, 6.45) is 4.23. The summed E-state index contributed by atoms with van der Waals surface area (Å²) in [5.74, 6) is 1.16. The molecule has 2 aromatic rings. The second-order valence-corrected chi connectivity index (χ2v) is 4.61. The molecule has 15 heavy (non-hydrogen) atoms. The highest BCUT2D eigenvalue weighted by Gasteiger charge is 2.05. The molecule has 0 radical (unpaired) electrons. The van der Waals surface area contributed by atoms with Crippen LogP contribution < -0.4 is 0 Å². The third-order valence-electron chi connectivity index (χ3n) is 2.13. The van der Waals surface area contributed by atoms with Crippen molar-refractivity contribution >= 4 is 17.1 Å². The van der Waals surface area contributed by atoms with Crippen molar-refractivity contribution in [1.82, 2.24) is 9.55 Å². The molecule has 2 rings (SSSR count). The Morgan fingerprint density at radius 1 is 1.53 bits per heavy atom. The summed E-state index contributed by atoms with van der Waals surface area (Å²) in [4.78, 5) is 16.2. The number of rotatable bonds is 3. The monoisotopic (exact) mass is 220 g/mol. The van der Waals surface area contributed by atoms with Gasteiger partial charge in [-0.3, -0.25) is 9.36 Å². The Balaban J connectivity index is 2.28. The van der Waals surface area contributed by atoms with Crippen LogP contribution in [0.3, 0.4) is 0 Å². The second kappa shape index (κ2) is 3.98. The van der Waals surface area contributed by atoms with Gasteiger partial charge in [-0.05, 0) is 26.0 Å². The number of imidazole rings is 1. The lowest BCUT2D eigenvalue weighted by molar-refractivity contribution is -0.116. The van der Waals surface area contributed by atoms with Gasteiger partial charge in [0, 0.05) is 23.7 Å². The number of thiophene rings is 1. The Morgan fingerprint density at radius 2 is 2.33 bits per heavy atom. The van der Waals surface area contributed by atoms with Gasteiger partial charge in [0.25, 0.3) is 0 Å². The topological polar surface area (TPSA) is 34.9 Å². The molecule has 0 atom stereocenters. The maximum atomic E-state index is 11.0. The van der Waals surface area contributed by atoms with E-state index in [1.54, 1.807) is 24.5 Å². The zero-order valence-corrected chi connectivity index (χ0v) is 9.54. The first-order valence-electron chi connectivity index (χ1n) is 4.75. The van der Waals surface area contributed by atoms with Crippen LogP contribution in [0.15, 0.2) is 24.5 Å². The highest BCUT2D eigenvalue weighted by Crippen LogP contribution is 2.22. The molecule has 0 unspecified atom stereocenters. The Morgan fingerprint density at radius 3 is 2.93 bits per heavy atom. The fourth-order valence-electron chi connectivity index (χ4n) is 1.45. The number of hydrogen-bond donors (Lipinski definition) is 0. The van der Waals surface area contributed by atoms with Crippen LogP contribution in [0.1, 0.15) is 17.6 Å². The predicted molar refractivity (Wildman–Crippen MR) is 60.6 cm³/mol. The Labute approximate surface area is 92.4 Å². The van der Waals surface area contributed by atoms with Gasteiger partial charge in [0.2, 0.25) is 0 Å². The van der Waals surface area contributed by atoms with Crippen molar-refractivity contribution in [3.05, 3.63) is 35.2 Å². The third kappa shape index (κ3) is 2.15. The Bertz CT molecular complexity index is 484. The molecular formula is C11H12N2OS. The molecule has 0 amide bonds. The van der Waals surface area contributed by atoms with Crippen molar-refractivity contribution in [3.8, 4) is 5.00 Å². The van der Waals surface area contributed by atoms with Gasteiger partial charge in [0.1, 0.15) is 16.6 Å². The average molecular weight is 220 g/mol. The van der Waals surface area contributed by atoms with Crippen LogP contribution in [0.25, 0.3) is 5.00 Å². The molecule has 78 valence electrons. The minimum atomic E-state index is 0.200. The van der Waals surface area contributed by atoms with Crippen molar-refractivity contribution in [1.29, 1.82) is 0 Å². The van der Waals surface area contributed by atoms with Gasteiger partial charge >= 0.3 is 0 Å². The van der Waals surface area contributed by atoms with E-state index in [1.807, 2.05) is 29.8 Å². The van der Waals surface area contributed by atoms with E-state index in [0.29, 0.717) is 6.42 Å². The maximum absolute atomic E-state index is 11.0. The molecule has 2 aromatic heterocycles. The number of ketones is 1. The number of carbonyl (C=O) groups excluding carboxylic acids is 1. The molecule has 0 aliphatic carbocycles. The molecule has 0 saturated heterocycles. The highest BCUT2D eigenvalue weighted by atomic mass is 32.1. The lowest BCUT2D eigenvalue weighted by Crippen LogP contribution is -1.93. The molecule has 0 saturated carbocycles. The van der Waals surface area contributed by atoms with Crippen molar-refractivity contribution in [2.45, 2.75) is 20.3 Å². The van der Waals surface area contributed by atoms with Crippen LogP contribution in [0, 0.1) is 6.92 Å².